The van der Waals surface area contributed by atoms with Crippen molar-refractivity contribution in [3.05, 3.63) is 35.6 Å². The number of carbonyl (C=O) groups is 1. The molecule has 21 heavy (non-hydrogen) atoms. The number of aliphatic hydroxyl groups excluding tert-OH is 2. The minimum Gasteiger partial charge on any atom is -0.394 e. The molecule has 0 bridgehead atoms. The Morgan fingerprint density at radius 1 is 1.33 bits per heavy atom. The van der Waals surface area contributed by atoms with Crippen molar-refractivity contribution >= 4 is 5.91 Å². The lowest BCUT2D eigenvalue weighted by atomic mass is 9.97. The molecule has 3 unspecified atom stereocenters. The lowest BCUT2D eigenvalue weighted by molar-refractivity contribution is -0.123. The van der Waals surface area contributed by atoms with E-state index in [2.05, 4.69) is 5.32 Å². The van der Waals surface area contributed by atoms with Gasteiger partial charge in [-0.1, -0.05) is 32.4 Å². The van der Waals surface area contributed by atoms with E-state index in [1.807, 2.05) is 13.8 Å². The first-order chi connectivity index (χ1) is 9.97. The maximum Gasteiger partial charge on any atom is 0.220 e. The molecule has 5 heteroatoms. The van der Waals surface area contributed by atoms with Crippen LogP contribution in [0.2, 0.25) is 0 Å². The lowest BCUT2D eigenvalue weighted by Crippen LogP contribution is -2.46. The third kappa shape index (κ3) is 5.81. The van der Waals surface area contributed by atoms with Gasteiger partial charge in [0.05, 0.1) is 18.8 Å². The van der Waals surface area contributed by atoms with Gasteiger partial charge >= 0.3 is 0 Å². The van der Waals surface area contributed by atoms with Crippen LogP contribution in [0.4, 0.5) is 4.39 Å². The van der Waals surface area contributed by atoms with Gasteiger partial charge in [-0.25, -0.2) is 4.39 Å². The Morgan fingerprint density at radius 3 is 2.48 bits per heavy atom. The summed E-state index contributed by atoms with van der Waals surface area (Å²) in [6.45, 7) is 3.51. The molecule has 0 aliphatic heterocycles. The fourth-order valence-electron chi connectivity index (χ4n) is 2.21. The Morgan fingerprint density at radius 2 is 1.95 bits per heavy atom. The van der Waals surface area contributed by atoms with Gasteiger partial charge in [0.1, 0.15) is 5.82 Å². The fraction of sp³-hybridized carbons (Fsp3) is 0.562. The fourth-order valence-corrected chi connectivity index (χ4v) is 2.21. The molecule has 1 amide bonds. The van der Waals surface area contributed by atoms with Gasteiger partial charge < -0.3 is 15.5 Å². The van der Waals surface area contributed by atoms with Crippen LogP contribution in [-0.2, 0) is 4.79 Å². The van der Waals surface area contributed by atoms with E-state index < -0.39 is 12.1 Å². The van der Waals surface area contributed by atoms with Crippen molar-refractivity contribution in [2.75, 3.05) is 6.61 Å². The number of hydrogen-bond acceptors (Lipinski definition) is 3. The second kappa shape index (κ2) is 8.74. The second-order valence-electron chi connectivity index (χ2n) is 5.37. The van der Waals surface area contributed by atoms with Gasteiger partial charge in [-0.2, -0.15) is 0 Å². The topological polar surface area (TPSA) is 69.6 Å². The zero-order valence-electron chi connectivity index (χ0n) is 12.6. The first-order valence-corrected chi connectivity index (χ1v) is 7.31. The third-order valence-corrected chi connectivity index (χ3v) is 3.52. The summed E-state index contributed by atoms with van der Waals surface area (Å²) in [7, 11) is 0. The van der Waals surface area contributed by atoms with Crippen molar-refractivity contribution < 1.29 is 19.4 Å². The highest BCUT2D eigenvalue weighted by Crippen LogP contribution is 2.19. The molecule has 0 heterocycles. The molecule has 3 N–H and O–H groups in total. The van der Waals surface area contributed by atoms with Crippen LogP contribution in [0.5, 0.6) is 0 Å². The number of rotatable bonds is 8. The van der Waals surface area contributed by atoms with E-state index in [4.69, 9.17) is 0 Å². The summed E-state index contributed by atoms with van der Waals surface area (Å²) in [5, 5.41) is 21.7. The van der Waals surface area contributed by atoms with Crippen LogP contribution in [0, 0.1) is 5.82 Å². The van der Waals surface area contributed by atoms with Crippen LogP contribution in [0.1, 0.15) is 44.6 Å². The van der Waals surface area contributed by atoms with Gasteiger partial charge in [0.15, 0.2) is 0 Å². The molecule has 0 radical (unpaired) electrons. The summed E-state index contributed by atoms with van der Waals surface area (Å²) in [6.07, 6.45) is 0.782. The molecule has 1 aromatic carbocycles. The van der Waals surface area contributed by atoms with E-state index in [1.54, 1.807) is 12.1 Å². The second-order valence-corrected chi connectivity index (χ2v) is 5.37. The van der Waals surface area contributed by atoms with Crippen LogP contribution in [0.15, 0.2) is 24.3 Å². The minimum absolute atomic E-state index is 0.0618. The normalized spacial score (nSPS) is 15.3. The SMILES string of the molecule is CCCC(O)C(CO)NC(=O)CC(C)c1ccc(F)cc1. The maximum atomic E-state index is 12.9. The van der Waals surface area contributed by atoms with Crippen molar-refractivity contribution in [3.63, 3.8) is 0 Å². The van der Waals surface area contributed by atoms with E-state index in [0.29, 0.717) is 6.42 Å². The number of amides is 1. The number of aliphatic hydroxyl groups is 2. The van der Waals surface area contributed by atoms with Gasteiger partial charge in [-0.3, -0.25) is 4.79 Å². The van der Waals surface area contributed by atoms with Gasteiger partial charge in [-0.15, -0.1) is 0 Å². The summed E-state index contributed by atoms with van der Waals surface area (Å²) < 4.78 is 12.9. The van der Waals surface area contributed by atoms with E-state index >= 15 is 0 Å². The lowest BCUT2D eigenvalue weighted by Gasteiger charge is -2.22. The van der Waals surface area contributed by atoms with Crippen LogP contribution in [-0.4, -0.2) is 34.9 Å². The maximum absolute atomic E-state index is 12.9. The molecule has 4 nitrogen and oxygen atoms in total. The van der Waals surface area contributed by atoms with Gasteiger partial charge in [0.2, 0.25) is 5.91 Å². The Bertz CT molecular complexity index is 436. The van der Waals surface area contributed by atoms with Crippen molar-refractivity contribution in [2.45, 2.75) is 51.2 Å². The Kier molecular flexibility index (Phi) is 7.32. The zero-order valence-corrected chi connectivity index (χ0v) is 12.6. The number of halogens is 1. The largest absolute Gasteiger partial charge is 0.394 e. The van der Waals surface area contributed by atoms with Crippen LogP contribution < -0.4 is 5.32 Å². The van der Waals surface area contributed by atoms with Gasteiger partial charge in [0, 0.05) is 6.42 Å². The third-order valence-electron chi connectivity index (χ3n) is 3.52. The quantitative estimate of drug-likeness (QED) is 0.687. The molecule has 1 rings (SSSR count). The molecule has 0 aliphatic carbocycles. The highest BCUT2D eigenvalue weighted by Gasteiger charge is 2.21. The van der Waals surface area contributed by atoms with Crippen molar-refractivity contribution in [1.82, 2.24) is 5.32 Å². The van der Waals surface area contributed by atoms with E-state index in [9.17, 15) is 19.4 Å². The van der Waals surface area contributed by atoms with Crippen LogP contribution in [0.25, 0.3) is 0 Å². The Hall–Kier alpha value is -1.46. The highest BCUT2D eigenvalue weighted by molar-refractivity contribution is 5.77. The van der Waals surface area contributed by atoms with Gasteiger partial charge in [0.25, 0.3) is 0 Å². The summed E-state index contributed by atoms with van der Waals surface area (Å²) in [4.78, 5) is 12.0. The number of benzene rings is 1. The summed E-state index contributed by atoms with van der Waals surface area (Å²) >= 11 is 0. The molecule has 118 valence electrons. The van der Waals surface area contributed by atoms with E-state index in [-0.39, 0.29) is 30.7 Å². The first-order valence-electron chi connectivity index (χ1n) is 7.31. The van der Waals surface area contributed by atoms with Crippen molar-refractivity contribution in [3.8, 4) is 0 Å². The number of carbonyl (C=O) groups excluding carboxylic acids is 1. The summed E-state index contributed by atoms with van der Waals surface area (Å²) in [5.74, 6) is -0.604. The smallest absolute Gasteiger partial charge is 0.220 e. The molecule has 0 aliphatic rings. The highest BCUT2D eigenvalue weighted by atomic mass is 19.1. The summed E-state index contributed by atoms with van der Waals surface area (Å²) in [5.41, 5.74) is 0.876. The first kappa shape index (κ1) is 17.6. The number of nitrogens with one attached hydrogen (secondary N) is 1. The molecule has 0 saturated carbocycles. The molecule has 0 aromatic heterocycles. The van der Waals surface area contributed by atoms with E-state index in [1.165, 1.54) is 12.1 Å². The Labute approximate surface area is 125 Å². The monoisotopic (exact) mass is 297 g/mol. The predicted molar refractivity (Wildman–Crippen MR) is 79.4 cm³/mol. The minimum atomic E-state index is -0.745. The molecule has 3 atom stereocenters. The van der Waals surface area contributed by atoms with Crippen molar-refractivity contribution in [2.24, 2.45) is 0 Å². The molecular formula is C16H24FNO3. The molecule has 0 spiro atoms. The Balaban J connectivity index is 2.53. The molecule has 1 aromatic rings. The average Bonchev–Trinajstić information content (AvgIpc) is 2.45. The molecule has 0 saturated heterocycles. The predicted octanol–water partition coefficient (Wildman–Crippen LogP) is 1.96. The van der Waals surface area contributed by atoms with Gasteiger partial charge in [-0.05, 0) is 30.0 Å². The molecule has 0 fully saturated rings. The average molecular weight is 297 g/mol. The van der Waals surface area contributed by atoms with Crippen LogP contribution in [0.3, 0.4) is 0 Å². The number of hydrogen-bond donors (Lipinski definition) is 3. The van der Waals surface area contributed by atoms with Crippen LogP contribution >= 0.6 is 0 Å². The molecular weight excluding hydrogens is 273 g/mol. The van der Waals surface area contributed by atoms with E-state index in [0.717, 1.165) is 12.0 Å². The standard InChI is InChI=1S/C16H24FNO3/c1-3-4-15(20)14(10-19)18-16(21)9-11(2)12-5-7-13(17)8-6-12/h5-8,11,14-15,19-20H,3-4,9-10H2,1-2H3,(H,18,21). The zero-order chi connectivity index (χ0) is 15.8. The summed E-state index contributed by atoms with van der Waals surface area (Å²) in [6, 6.07) is 5.40. The van der Waals surface area contributed by atoms with Crippen molar-refractivity contribution in [1.29, 1.82) is 0 Å².